The number of halogens is 2. The number of aryl methyl sites for hydroxylation is 2. The minimum absolute atomic E-state index is 0.103. The molecule has 0 saturated carbocycles. The summed E-state index contributed by atoms with van der Waals surface area (Å²) in [6.07, 6.45) is 0. The summed E-state index contributed by atoms with van der Waals surface area (Å²) in [5, 5.41) is 9.60. The number of carbonyl (C=O) groups is 1. The molecule has 4 aromatic rings. The van der Waals surface area contributed by atoms with Gasteiger partial charge in [-0.15, -0.1) is 11.3 Å². The molecule has 0 bridgehead atoms. The normalized spacial score (nSPS) is 10.8. The monoisotopic (exact) mass is 478 g/mol. The van der Waals surface area contributed by atoms with E-state index in [0.717, 1.165) is 28.2 Å². The average Bonchev–Trinajstić information content (AvgIpc) is 3.35. The molecule has 0 fully saturated rings. The van der Waals surface area contributed by atoms with Crippen LogP contribution >= 0.6 is 22.9 Å². The second-order valence-corrected chi connectivity index (χ2v) is 8.95. The third-order valence-electron chi connectivity index (χ3n) is 5.44. The van der Waals surface area contributed by atoms with Crippen LogP contribution in [0.1, 0.15) is 32.2 Å². The van der Waals surface area contributed by atoms with E-state index in [0.29, 0.717) is 26.7 Å². The predicted octanol–water partition coefficient (Wildman–Crippen LogP) is 6.80. The number of carbonyl (C=O) groups excluding carboxylic acids is 1. The Morgan fingerprint density at radius 3 is 2.64 bits per heavy atom. The topological polar surface area (TPSA) is 51.3 Å². The van der Waals surface area contributed by atoms with Gasteiger partial charge in [0, 0.05) is 28.4 Å². The van der Waals surface area contributed by atoms with Crippen LogP contribution in [0.4, 0.5) is 10.1 Å². The number of hydrogen-bond acceptors (Lipinski definition) is 3. The number of nitrogens with zero attached hydrogens (tertiary/aromatic N) is 3. The van der Waals surface area contributed by atoms with Crippen molar-refractivity contribution in [2.45, 2.75) is 27.3 Å². The zero-order valence-corrected chi connectivity index (χ0v) is 19.8. The van der Waals surface area contributed by atoms with Gasteiger partial charge in [0.1, 0.15) is 5.82 Å². The molecule has 0 aliphatic rings. The van der Waals surface area contributed by atoms with Gasteiger partial charge in [-0.25, -0.2) is 13.9 Å². The third-order valence-corrected chi connectivity index (χ3v) is 6.76. The Kier molecular flexibility index (Phi) is 6.32. The van der Waals surface area contributed by atoms with E-state index >= 15 is 0 Å². The van der Waals surface area contributed by atoms with Crippen molar-refractivity contribution in [2.75, 3.05) is 0 Å². The first kappa shape index (κ1) is 22.7. The lowest BCUT2D eigenvalue weighted by Crippen LogP contribution is -2.23. The average molecular weight is 479 g/mol. The number of hydrogen-bond donors (Lipinski definition) is 1. The second kappa shape index (κ2) is 9.18. The Balaban J connectivity index is 1.59. The Hall–Kier alpha value is -3.47. The fourth-order valence-corrected chi connectivity index (χ4v) is 4.80. The van der Waals surface area contributed by atoms with Gasteiger partial charge in [-0.1, -0.05) is 29.8 Å². The molecule has 1 amide bonds. The van der Waals surface area contributed by atoms with E-state index < -0.39 is 5.82 Å². The molecule has 8 heteroatoms. The van der Waals surface area contributed by atoms with Gasteiger partial charge in [0.2, 0.25) is 5.69 Å². The molecule has 2 aromatic heterocycles. The molecule has 0 unspecified atom stereocenters. The SMILES string of the molecule is [C-]#[N+]c1ccc(-n2nc(C)c(-c3ccc(CNC(=O)c4sccc4C)c(F)c3)c2C)cc1Cl. The van der Waals surface area contributed by atoms with Gasteiger partial charge in [-0.3, -0.25) is 4.79 Å². The van der Waals surface area contributed by atoms with Crippen LogP contribution in [-0.2, 0) is 6.54 Å². The van der Waals surface area contributed by atoms with Crippen LogP contribution < -0.4 is 5.32 Å². The van der Waals surface area contributed by atoms with E-state index in [1.54, 1.807) is 28.9 Å². The highest BCUT2D eigenvalue weighted by Gasteiger charge is 2.17. The van der Waals surface area contributed by atoms with Crippen molar-refractivity contribution >= 4 is 34.5 Å². The maximum atomic E-state index is 14.9. The Morgan fingerprint density at radius 1 is 1.21 bits per heavy atom. The molecule has 0 aliphatic carbocycles. The summed E-state index contributed by atoms with van der Waals surface area (Å²) in [7, 11) is 0. The molecule has 166 valence electrons. The van der Waals surface area contributed by atoms with E-state index in [9.17, 15) is 9.18 Å². The summed E-state index contributed by atoms with van der Waals surface area (Å²) in [5.74, 6) is -0.603. The van der Waals surface area contributed by atoms with Crippen LogP contribution in [0, 0.1) is 33.2 Å². The van der Waals surface area contributed by atoms with Gasteiger partial charge in [-0.05, 0) is 61.5 Å². The minimum Gasteiger partial charge on any atom is -0.347 e. The molecule has 2 aromatic carbocycles. The molecule has 0 spiro atoms. The van der Waals surface area contributed by atoms with Crippen molar-refractivity contribution < 1.29 is 9.18 Å². The number of rotatable bonds is 5. The Labute approximate surface area is 200 Å². The Bertz CT molecular complexity index is 1420. The quantitative estimate of drug-likeness (QED) is 0.321. The first-order chi connectivity index (χ1) is 15.8. The molecule has 4 rings (SSSR count). The zero-order chi connectivity index (χ0) is 23.7. The maximum Gasteiger partial charge on any atom is 0.261 e. The molecule has 1 N–H and O–H groups in total. The number of aromatic nitrogens is 2. The first-order valence-corrected chi connectivity index (χ1v) is 11.4. The largest absolute Gasteiger partial charge is 0.347 e. The number of nitrogens with one attached hydrogen (secondary N) is 1. The molecular formula is C25H20ClFN4OS. The van der Waals surface area contributed by atoms with E-state index in [1.807, 2.05) is 38.3 Å². The summed E-state index contributed by atoms with van der Waals surface area (Å²) in [6.45, 7) is 12.9. The van der Waals surface area contributed by atoms with Crippen LogP contribution in [0.2, 0.25) is 5.02 Å². The molecule has 0 saturated heterocycles. The molecule has 0 radical (unpaired) electrons. The third kappa shape index (κ3) is 4.40. The smallest absolute Gasteiger partial charge is 0.261 e. The summed E-state index contributed by atoms with van der Waals surface area (Å²) in [4.78, 5) is 16.3. The maximum absolute atomic E-state index is 14.9. The number of benzene rings is 2. The van der Waals surface area contributed by atoms with Gasteiger partial charge >= 0.3 is 0 Å². The molecule has 2 heterocycles. The lowest BCUT2D eigenvalue weighted by Gasteiger charge is -2.09. The summed E-state index contributed by atoms with van der Waals surface area (Å²) in [6, 6.07) is 12.0. The highest BCUT2D eigenvalue weighted by atomic mass is 35.5. The summed E-state index contributed by atoms with van der Waals surface area (Å²) >= 11 is 7.56. The van der Waals surface area contributed by atoms with Gasteiger partial charge < -0.3 is 5.32 Å². The fourth-order valence-electron chi connectivity index (χ4n) is 3.74. The van der Waals surface area contributed by atoms with Crippen molar-refractivity contribution in [1.29, 1.82) is 0 Å². The molecular weight excluding hydrogens is 459 g/mol. The highest BCUT2D eigenvalue weighted by Crippen LogP contribution is 2.32. The van der Waals surface area contributed by atoms with Crippen LogP contribution in [-0.4, -0.2) is 15.7 Å². The van der Waals surface area contributed by atoms with Crippen LogP contribution in [0.3, 0.4) is 0 Å². The van der Waals surface area contributed by atoms with Gasteiger partial charge in [0.15, 0.2) is 0 Å². The van der Waals surface area contributed by atoms with E-state index in [4.69, 9.17) is 18.2 Å². The lowest BCUT2D eigenvalue weighted by molar-refractivity contribution is 0.0954. The summed E-state index contributed by atoms with van der Waals surface area (Å²) < 4.78 is 16.7. The standard InChI is InChI=1S/C25H20ClFN4OS/c1-14-9-10-33-24(14)25(32)29-13-18-6-5-17(11-21(18)27)23-15(2)30-31(16(23)3)19-7-8-22(28-4)20(26)12-19/h5-12H,13H2,1-3H3,(H,29,32). The second-order valence-electron chi connectivity index (χ2n) is 7.63. The molecule has 0 atom stereocenters. The van der Waals surface area contributed by atoms with Gasteiger partial charge in [-0.2, -0.15) is 5.10 Å². The lowest BCUT2D eigenvalue weighted by atomic mass is 10.0. The summed E-state index contributed by atoms with van der Waals surface area (Å²) in [5.41, 5.74) is 5.50. The van der Waals surface area contributed by atoms with E-state index in [1.165, 1.54) is 17.4 Å². The predicted molar refractivity (Wildman–Crippen MR) is 130 cm³/mol. The van der Waals surface area contributed by atoms with Crippen molar-refractivity contribution in [3.63, 3.8) is 0 Å². The first-order valence-electron chi connectivity index (χ1n) is 10.1. The zero-order valence-electron chi connectivity index (χ0n) is 18.2. The van der Waals surface area contributed by atoms with E-state index in [2.05, 4.69) is 15.3 Å². The van der Waals surface area contributed by atoms with Gasteiger partial charge in [0.05, 0.1) is 22.8 Å². The van der Waals surface area contributed by atoms with Crippen LogP contribution in [0.5, 0.6) is 0 Å². The molecule has 0 aliphatic heterocycles. The van der Waals surface area contributed by atoms with Crippen molar-refractivity contribution in [2.24, 2.45) is 0 Å². The number of amides is 1. The van der Waals surface area contributed by atoms with Gasteiger partial charge in [0.25, 0.3) is 5.91 Å². The van der Waals surface area contributed by atoms with Crippen LogP contribution in [0.15, 0.2) is 47.8 Å². The molecule has 5 nitrogen and oxygen atoms in total. The van der Waals surface area contributed by atoms with Crippen molar-refractivity contribution in [3.05, 3.63) is 97.5 Å². The van der Waals surface area contributed by atoms with E-state index in [-0.39, 0.29) is 12.5 Å². The Morgan fingerprint density at radius 2 is 2.00 bits per heavy atom. The van der Waals surface area contributed by atoms with Crippen molar-refractivity contribution in [3.8, 4) is 16.8 Å². The minimum atomic E-state index is -0.397. The fraction of sp³-hybridized carbons (Fsp3) is 0.160. The van der Waals surface area contributed by atoms with Crippen molar-refractivity contribution in [1.82, 2.24) is 15.1 Å². The number of thiophene rings is 1. The highest BCUT2D eigenvalue weighted by molar-refractivity contribution is 7.12. The van der Waals surface area contributed by atoms with Crippen LogP contribution in [0.25, 0.3) is 21.7 Å². The molecule has 33 heavy (non-hydrogen) atoms.